The minimum absolute atomic E-state index is 0.359. The van der Waals surface area contributed by atoms with Crippen LogP contribution in [0.1, 0.15) is 19.0 Å². The molecule has 4 nitrogen and oxygen atoms in total. The van der Waals surface area contributed by atoms with Crippen LogP contribution in [0.2, 0.25) is 0 Å². The molecule has 2 rings (SSSR count). The smallest absolute Gasteiger partial charge is 0.122 e. The predicted octanol–water partition coefficient (Wildman–Crippen LogP) is 1.25. The summed E-state index contributed by atoms with van der Waals surface area (Å²) in [6.07, 6.45) is 2.95. The molecule has 2 heterocycles. The van der Waals surface area contributed by atoms with Crippen LogP contribution in [-0.4, -0.2) is 47.6 Å². The van der Waals surface area contributed by atoms with Crippen LogP contribution in [0.25, 0.3) is 0 Å². The number of nitrogens with zero attached hydrogens (tertiary/aromatic N) is 3. The summed E-state index contributed by atoms with van der Waals surface area (Å²) in [4.78, 5) is 9.35. The molecule has 5 heteroatoms. The third-order valence-corrected chi connectivity index (χ3v) is 3.82. The molecule has 18 heavy (non-hydrogen) atoms. The monoisotopic (exact) mass is 264 g/mol. The van der Waals surface area contributed by atoms with Gasteiger partial charge in [0.05, 0.1) is 5.69 Å². The Morgan fingerprint density at radius 1 is 1.56 bits per heavy atom. The highest BCUT2D eigenvalue weighted by molar-refractivity contribution is 7.80. The number of thiocarbonyl (C=S) groups is 1. The molecule has 0 spiro atoms. The predicted molar refractivity (Wildman–Crippen MR) is 79.0 cm³/mol. The quantitative estimate of drug-likeness (QED) is 0.832. The molecule has 0 bridgehead atoms. The molecule has 1 atom stereocenters. The van der Waals surface area contributed by atoms with E-state index in [0.717, 1.165) is 19.6 Å². The second-order valence-electron chi connectivity index (χ2n) is 4.75. The van der Waals surface area contributed by atoms with Gasteiger partial charge >= 0.3 is 0 Å². The van der Waals surface area contributed by atoms with Gasteiger partial charge in [0.2, 0.25) is 0 Å². The lowest BCUT2D eigenvalue weighted by Crippen LogP contribution is -2.51. The van der Waals surface area contributed by atoms with Crippen LogP contribution in [0.4, 0.5) is 5.69 Å². The molecule has 1 aromatic heterocycles. The maximum absolute atomic E-state index is 5.63. The Balaban J connectivity index is 2.16. The van der Waals surface area contributed by atoms with Gasteiger partial charge in [0.1, 0.15) is 4.99 Å². The molecule has 0 radical (unpaired) electrons. The highest BCUT2D eigenvalue weighted by atomic mass is 32.1. The molecule has 1 aliphatic heterocycles. The summed E-state index contributed by atoms with van der Waals surface area (Å²) < 4.78 is 0. The first-order chi connectivity index (χ1) is 8.61. The van der Waals surface area contributed by atoms with Gasteiger partial charge in [-0.15, -0.1) is 0 Å². The lowest BCUT2D eigenvalue weighted by atomic mass is 10.1. The van der Waals surface area contributed by atoms with Crippen molar-refractivity contribution in [3.05, 3.63) is 24.0 Å². The summed E-state index contributed by atoms with van der Waals surface area (Å²) in [7, 11) is 2.19. The fraction of sp³-hybridized carbons (Fsp3) is 0.538. The van der Waals surface area contributed by atoms with E-state index in [4.69, 9.17) is 18.0 Å². The second kappa shape index (κ2) is 5.63. The minimum Gasteiger partial charge on any atom is -0.388 e. The van der Waals surface area contributed by atoms with Gasteiger partial charge in [0, 0.05) is 37.6 Å². The van der Waals surface area contributed by atoms with Crippen molar-refractivity contribution in [3.63, 3.8) is 0 Å². The number of rotatable bonds is 3. The zero-order valence-electron chi connectivity index (χ0n) is 11.0. The van der Waals surface area contributed by atoms with Crippen LogP contribution < -0.4 is 10.6 Å². The molecular weight excluding hydrogens is 244 g/mol. The third kappa shape index (κ3) is 2.79. The van der Waals surface area contributed by atoms with Crippen LogP contribution >= 0.6 is 12.2 Å². The van der Waals surface area contributed by atoms with Crippen molar-refractivity contribution in [3.8, 4) is 0 Å². The number of anilines is 1. The molecule has 0 amide bonds. The lowest BCUT2D eigenvalue weighted by molar-refractivity contribution is 0.213. The van der Waals surface area contributed by atoms with E-state index in [9.17, 15) is 0 Å². The van der Waals surface area contributed by atoms with Gasteiger partial charge in [-0.05, 0) is 25.6 Å². The molecule has 1 aliphatic rings. The highest BCUT2D eigenvalue weighted by Crippen LogP contribution is 2.20. The maximum Gasteiger partial charge on any atom is 0.122 e. The molecule has 1 unspecified atom stereocenters. The molecule has 1 aromatic rings. The van der Waals surface area contributed by atoms with Crippen molar-refractivity contribution in [1.29, 1.82) is 0 Å². The SMILES string of the molecule is CCC1CN(c2ccnc(C(N)=S)c2)CCN1C. The summed E-state index contributed by atoms with van der Waals surface area (Å²) in [6.45, 7) is 5.41. The van der Waals surface area contributed by atoms with Crippen LogP contribution in [0.3, 0.4) is 0 Å². The number of aromatic nitrogens is 1. The average Bonchev–Trinajstić information content (AvgIpc) is 2.39. The second-order valence-corrected chi connectivity index (χ2v) is 5.19. The summed E-state index contributed by atoms with van der Waals surface area (Å²) in [5.41, 5.74) is 7.50. The first-order valence-corrected chi connectivity index (χ1v) is 6.73. The van der Waals surface area contributed by atoms with E-state index in [1.54, 1.807) is 6.20 Å². The standard InChI is InChI=1S/C13H20N4S/c1-3-10-9-17(7-6-16(10)2)11-4-5-15-12(8-11)13(14)18/h4-5,8,10H,3,6-7,9H2,1-2H3,(H2,14,18). The first kappa shape index (κ1) is 13.2. The minimum atomic E-state index is 0.359. The van der Waals surface area contributed by atoms with Crippen LogP contribution in [0.15, 0.2) is 18.3 Å². The van der Waals surface area contributed by atoms with E-state index >= 15 is 0 Å². The number of likely N-dealkylation sites (N-methyl/N-ethyl adjacent to an activating group) is 1. The number of piperazine rings is 1. The van der Waals surface area contributed by atoms with E-state index in [-0.39, 0.29) is 0 Å². The van der Waals surface area contributed by atoms with E-state index < -0.39 is 0 Å². The molecule has 0 aromatic carbocycles. The Morgan fingerprint density at radius 3 is 3.00 bits per heavy atom. The first-order valence-electron chi connectivity index (χ1n) is 6.33. The van der Waals surface area contributed by atoms with E-state index in [1.165, 1.54) is 12.1 Å². The van der Waals surface area contributed by atoms with Crippen molar-refractivity contribution in [1.82, 2.24) is 9.88 Å². The van der Waals surface area contributed by atoms with Crippen molar-refractivity contribution >= 4 is 22.9 Å². The largest absolute Gasteiger partial charge is 0.388 e. The Hall–Kier alpha value is -1.20. The van der Waals surface area contributed by atoms with Crippen LogP contribution in [0, 0.1) is 0 Å². The summed E-state index contributed by atoms with van der Waals surface area (Å²) in [6, 6.07) is 4.63. The van der Waals surface area contributed by atoms with E-state index in [2.05, 4.69) is 28.8 Å². The van der Waals surface area contributed by atoms with E-state index in [0.29, 0.717) is 16.7 Å². The fourth-order valence-corrected chi connectivity index (χ4v) is 2.48. The van der Waals surface area contributed by atoms with Gasteiger partial charge < -0.3 is 10.6 Å². The molecule has 0 saturated carbocycles. The molecular formula is C13H20N4S. The summed E-state index contributed by atoms with van der Waals surface area (Å²) in [5, 5.41) is 0. The zero-order valence-corrected chi connectivity index (χ0v) is 11.8. The molecule has 98 valence electrons. The number of pyridine rings is 1. The topological polar surface area (TPSA) is 45.4 Å². The average molecular weight is 264 g/mol. The van der Waals surface area contributed by atoms with Gasteiger partial charge in [-0.25, -0.2) is 0 Å². The van der Waals surface area contributed by atoms with Crippen LogP contribution in [0.5, 0.6) is 0 Å². The number of hydrogen-bond donors (Lipinski definition) is 1. The summed E-state index contributed by atoms with van der Waals surface area (Å²) in [5.74, 6) is 0. The van der Waals surface area contributed by atoms with Crippen molar-refractivity contribution in [2.24, 2.45) is 5.73 Å². The van der Waals surface area contributed by atoms with Crippen LogP contribution in [-0.2, 0) is 0 Å². The van der Waals surface area contributed by atoms with Gasteiger partial charge in [0.15, 0.2) is 0 Å². The number of hydrogen-bond acceptors (Lipinski definition) is 4. The van der Waals surface area contributed by atoms with Crippen molar-refractivity contribution < 1.29 is 0 Å². The molecule has 2 N–H and O–H groups in total. The Kier molecular flexibility index (Phi) is 4.14. The molecule has 1 saturated heterocycles. The van der Waals surface area contributed by atoms with Crippen molar-refractivity contribution in [2.45, 2.75) is 19.4 Å². The fourth-order valence-electron chi connectivity index (χ4n) is 2.37. The summed E-state index contributed by atoms with van der Waals surface area (Å²) >= 11 is 4.98. The van der Waals surface area contributed by atoms with Gasteiger partial charge in [-0.1, -0.05) is 19.1 Å². The maximum atomic E-state index is 5.63. The van der Waals surface area contributed by atoms with Gasteiger partial charge in [0.25, 0.3) is 0 Å². The normalized spacial score (nSPS) is 21.0. The highest BCUT2D eigenvalue weighted by Gasteiger charge is 2.23. The van der Waals surface area contributed by atoms with Crippen molar-refractivity contribution in [2.75, 3.05) is 31.6 Å². The Labute approximate surface area is 114 Å². The number of nitrogens with two attached hydrogens (primary N) is 1. The van der Waals surface area contributed by atoms with Gasteiger partial charge in [-0.2, -0.15) is 0 Å². The Bertz CT molecular complexity index is 435. The van der Waals surface area contributed by atoms with E-state index in [1.807, 2.05) is 12.1 Å². The molecule has 1 fully saturated rings. The van der Waals surface area contributed by atoms with Gasteiger partial charge in [-0.3, -0.25) is 9.88 Å². The lowest BCUT2D eigenvalue weighted by Gasteiger charge is -2.40. The third-order valence-electron chi connectivity index (χ3n) is 3.61. The Morgan fingerprint density at radius 2 is 2.33 bits per heavy atom. The molecule has 0 aliphatic carbocycles. The zero-order chi connectivity index (χ0) is 13.1.